The monoisotopic (exact) mass is 322 g/mol. The fourth-order valence-electron chi connectivity index (χ4n) is 1.72. The highest BCUT2D eigenvalue weighted by molar-refractivity contribution is 9.10. The third-order valence-electron chi connectivity index (χ3n) is 2.58. The molecule has 0 radical (unpaired) electrons. The molecule has 2 rings (SSSR count). The Hall–Kier alpha value is -1.68. The van der Waals surface area contributed by atoms with E-state index in [1.807, 2.05) is 6.92 Å². The number of hydrogen-bond acceptors (Lipinski definition) is 2. The average molecular weight is 323 g/mol. The summed E-state index contributed by atoms with van der Waals surface area (Å²) in [5.41, 5.74) is 0.769. The first kappa shape index (κ1) is 13.7. The Morgan fingerprint density at radius 2 is 2.05 bits per heavy atom. The fraction of sp³-hybridized carbons (Fsp3) is 0.133. The van der Waals surface area contributed by atoms with E-state index < -0.39 is 5.82 Å². The van der Waals surface area contributed by atoms with Crippen LogP contribution in [0.2, 0.25) is 0 Å². The van der Waals surface area contributed by atoms with Gasteiger partial charge in [0.15, 0.2) is 5.78 Å². The van der Waals surface area contributed by atoms with E-state index in [1.165, 1.54) is 18.2 Å². The summed E-state index contributed by atoms with van der Waals surface area (Å²) in [6.07, 6.45) is 0. The third kappa shape index (κ3) is 3.20. The molecule has 0 saturated heterocycles. The van der Waals surface area contributed by atoms with Gasteiger partial charge in [0.1, 0.15) is 11.6 Å². The molecule has 0 aliphatic heterocycles. The molecular formula is C15H12BrFO2. The Balaban J connectivity index is 2.38. The highest BCUT2D eigenvalue weighted by Crippen LogP contribution is 2.23. The van der Waals surface area contributed by atoms with Gasteiger partial charge >= 0.3 is 0 Å². The van der Waals surface area contributed by atoms with Crippen molar-refractivity contribution in [3.63, 3.8) is 0 Å². The van der Waals surface area contributed by atoms with Crippen molar-refractivity contribution in [2.45, 2.75) is 6.92 Å². The highest BCUT2D eigenvalue weighted by atomic mass is 79.9. The van der Waals surface area contributed by atoms with E-state index in [-0.39, 0.29) is 5.78 Å². The van der Waals surface area contributed by atoms with Crippen LogP contribution in [-0.2, 0) is 0 Å². The Morgan fingerprint density at radius 3 is 2.79 bits per heavy atom. The number of ether oxygens (including phenoxy) is 1. The molecule has 2 aromatic rings. The number of carbonyl (C=O) groups is 1. The first-order valence-corrected chi connectivity index (χ1v) is 6.63. The molecule has 98 valence electrons. The normalized spacial score (nSPS) is 10.3. The second-order valence-corrected chi connectivity index (χ2v) is 4.77. The van der Waals surface area contributed by atoms with E-state index in [9.17, 15) is 9.18 Å². The molecule has 0 spiro atoms. The predicted molar refractivity (Wildman–Crippen MR) is 75.1 cm³/mol. The fourth-order valence-corrected chi connectivity index (χ4v) is 2.15. The lowest BCUT2D eigenvalue weighted by Crippen LogP contribution is -2.03. The minimum Gasteiger partial charge on any atom is -0.494 e. The van der Waals surface area contributed by atoms with Gasteiger partial charge in [-0.1, -0.05) is 28.1 Å². The number of rotatable bonds is 4. The molecule has 0 atom stereocenters. The van der Waals surface area contributed by atoms with Crippen molar-refractivity contribution in [3.8, 4) is 5.75 Å². The standard InChI is InChI=1S/C15H12BrFO2/c1-2-19-12-5-3-4-10(8-12)15(18)13-9-11(17)6-7-14(13)16/h3-9H,2H2,1H3. The van der Waals surface area contributed by atoms with Crippen LogP contribution in [0.3, 0.4) is 0 Å². The first-order valence-electron chi connectivity index (χ1n) is 5.84. The Labute approximate surface area is 119 Å². The summed E-state index contributed by atoms with van der Waals surface area (Å²) < 4.78 is 19.1. The molecule has 0 bridgehead atoms. The van der Waals surface area contributed by atoms with Gasteiger partial charge in [0, 0.05) is 15.6 Å². The van der Waals surface area contributed by atoms with Crippen LogP contribution in [0.15, 0.2) is 46.9 Å². The van der Waals surface area contributed by atoms with Crippen LogP contribution in [0.4, 0.5) is 4.39 Å². The number of benzene rings is 2. The predicted octanol–water partition coefficient (Wildman–Crippen LogP) is 4.22. The van der Waals surface area contributed by atoms with Crippen LogP contribution in [0.5, 0.6) is 5.75 Å². The van der Waals surface area contributed by atoms with Gasteiger partial charge in [0.2, 0.25) is 0 Å². The Morgan fingerprint density at radius 1 is 1.26 bits per heavy atom. The van der Waals surface area contributed by atoms with Crippen molar-refractivity contribution < 1.29 is 13.9 Å². The van der Waals surface area contributed by atoms with Crippen LogP contribution in [0, 0.1) is 5.82 Å². The van der Waals surface area contributed by atoms with Crippen LogP contribution < -0.4 is 4.74 Å². The Kier molecular flexibility index (Phi) is 4.32. The van der Waals surface area contributed by atoms with Gasteiger partial charge in [-0.25, -0.2) is 4.39 Å². The molecule has 0 saturated carbocycles. The SMILES string of the molecule is CCOc1cccc(C(=O)c2cc(F)ccc2Br)c1. The quantitative estimate of drug-likeness (QED) is 0.788. The van der Waals surface area contributed by atoms with Crippen molar-refractivity contribution in [3.05, 3.63) is 63.9 Å². The van der Waals surface area contributed by atoms with Crippen molar-refractivity contribution in [1.82, 2.24) is 0 Å². The largest absolute Gasteiger partial charge is 0.494 e. The van der Waals surface area contributed by atoms with E-state index in [2.05, 4.69) is 15.9 Å². The van der Waals surface area contributed by atoms with E-state index in [1.54, 1.807) is 24.3 Å². The summed E-state index contributed by atoms with van der Waals surface area (Å²) in [6, 6.07) is 10.9. The number of hydrogen-bond donors (Lipinski definition) is 0. The molecule has 19 heavy (non-hydrogen) atoms. The molecule has 0 aliphatic carbocycles. The smallest absolute Gasteiger partial charge is 0.194 e. The van der Waals surface area contributed by atoms with E-state index >= 15 is 0 Å². The summed E-state index contributed by atoms with van der Waals surface area (Å²) in [4.78, 5) is 12.3. The lowest BCUT2D eigenvalue weighted by atomic mass is 10.0. The van der Waals surface area contributed by atoms with Gasteiger partial charge in [-0.05, 0) is 37.3 Å². The first-order chi connectivity index (χ1) is 9.11. The van der Waals surface area contributed by atoms with Crippen molar-refractivity contribution in [1.29, 1.82) is 0 Å². The van der Waals surface area contributed by atoms with E-state index in [0.29, 0.717) is 28.0 Å². The van der Waals surface area contributed by atoms with Gasteiger partial charge < -0.3 is 4.74 Å². The summed E-state index contributed by atoms with van der Waals surface area (Å²) in [6.45, 7) is 2.40. The maximum Gasteiger partial charge on any atom is 0.194 e. The second-order valence-electron chi connectivity index (χ2n) is 3.91. The highest BCUT2D eigenvalue weighted by Gasteiger charge is 2.14. The second kappa shape index (κ2) is 5.97. The van der Waals surface area contributed by atoms with Gasteiger partial charge in [-0.15, -0.1) is 0 Å². The van der Waals surface area contributed by atoms with Crippen molar-refractivity contribution in [2.75, 3.05) is 6.61 Å². The topological polar surface area (TPSA) is 26.3 Å². The zero-order valence-electron chi connectivity index (χ0n) is 10.3. The summed E-state index contributed by atoms with van der Waals surface area (Å²) >= 11 is 3.26. The van der Waals surface area contributed by atoms with Gasteiger partial charge in [0.25, 0.3) is 0 Å². The lowest BCUT2D eigenvalue weighted by molar-refractivity contribution is 0.103. The average Bonchev–Trinajstić information content (AvgIpc) is 2.41. The molecule has 0 N–H and O–H groups in total. The zero-order chi connectivity index (χ0) is 13.8. The lowest BCUT2D eigenvalue weighted by Gasteiger charge is -2.07. The van der Waals surface area contributed by atoms with Gasteiger partial charge in [-0.3, -0.25) is 4.79 Å². The maximum atomic E-state index is 13.2. The molecule has 0 amide bonds. The third-order valence-corrected chi connectivity index (χ3v) is 3.27. The molecule has 0 aliphatic rings. The van der Waals surface area contributed by atoms with E-state index in [4.69, 9.17) is 4.74 Å². The van der Waals surface area contributed by atoms with Crippen molar-refractivity contribution >= 4 is 21.7 Å². The minimum atomic E-state index is -0.437. The van der Waals surface area contributed by atoms with Crippen LogP contribution in [0.1, 0.15) is 22.8 Å². The summed E-state index contributed by atoms with van der Waals surface area (Å²) in [5, 5.41) is 0. The Bertz CT molecular complexity index is 611. The number of carbonyl (C=O) groups excluding carboxylic acids is 1. The van der Waals surface area contributed by atoms with E-state index in [0.717, 1.165) is 0 Å². The molecule has 0 fully saturated rings. The minimum absolute atomic E-state index is 0.243. The summed E-state index contributed by atoms with van der Waals surface area (Å²) in [7, 11) is 0. The van der Waals surface area contributed by atoms with Gasteiger partial charge in [-0.2, -0.15) is 0 Å². The van der Waals surface area contributed by atoms with Crippen LogP contribution in [0.25, 0.3) is 0 Å². The number of halogens is 2. The molecule has 2 aromatic carbocycles. The zero-order valence-corrected chi connectivity index (χ0v) is 11.9. The van der Waals surface area contributed by atoms with Crippen molar-refractivity contribution in [2.24, 2.45) is 0 Å². The van der Waals surface area contributed by atoms with Gasteiger partial charge in [0.05, 0.1) is 6.61 Å². The summed E-state index contributed by atoms with van der Waals surface area (Å²) in [5.74, 6) is -0.0543. The van der Waals surface area contributed by atoms with Crippen LogP contribution >= 0.6 is 15.9 Å². The molecule has 0 unspecified atom stereocenters. The number of ketones is 1. The molecule has 0 aromatic heterocycles. The molecule has 4 heteroatoms. The maximum absolute atomic E-state index is 13.2. The molecule has 2 nitrogen and oxygen atoms in total. The molecular weight excluding hydrogens is 311 g/mol. The van der Waals surface area contributed by atoms with Crippen LogP contribution in [-0.4, -0.2) is 12.4 Å². The molecule has 0 heterocycles.